The van der Waals surface area contributed by atoms with E-state index in [0.29, 0.717) is 18.8 Å². The number of aliphatic hydroxyl groups is 2. The number of hydrogen-bond acceptors (Lipinski definition) is 4. The molecule has 160 valence electrons. The smallest absolute Gasteiger partial charge is 0.0854 e. The molecule has 2 aliphatic heterocycles. The molecule has 1 aliphatic carbocycles. The highest BCUT2D eigenvalue weighted by Gasteiger charge is 2.50. The van der Waals surface area contributed by atoms with Crippen molar-refractivity contribution >= 4 is 0 Å². The molecule has 1 spiro atoms. The van der Waals surface area contributed by atoms with Gasteiger partial charge in [0.15, 0.2) is 0 Å². The molecule has 3 fully saturated rings. The van der Waals surface area contributed by atoms with Crippen molar-refractivity contribution in [3.63, 3.8) is 0 Å². The Morgan fingerprint density at radius 1 is 1.03 bits per heavy atom. The Balaban J connectivity index is 1.29. The molecule has 0 radical (unpaired) electrons. The predicted octanol–water partition coefficient (Wildman–Crippen LogP) is 4.20. The number of hydrogen-bond donors (Lipinski definition) is 2. The monoisotopic (exact) mass is 408 g/mol. The van der Waals surface area contributed by atoms with E-state index in [-0.39, 0.29) is 24.4 Å². The molecular weight excluding hydrogens is 376 g/mol. The lowest BCUT2D eigenvalue weighted by molar-refractivity contribution is -0.113. The summed E-state index contributed by atoms with van der Waals surface area (Å²) in [5, 5.41) is 19.6. The SMILES string of the molecule is Cc1ccc(C2CC(O)CC(CO)O2)cc1Cc1ccc(C2COC3(CC3)C2)cc1. The molecule has 2 aromatic rings. The minimum atomic E-state index is -0.424. The van der Waals surface area contributed by atoms with E-state index in [1.807, 2.05) is 0 Å². The third-order valence-electron chi connectivity index (χ3n) is 7.19. The molecule has 3 aliphatic rings. The van der Waals surface area contributed by atoms with Gasteiger partial charge in [-0.05, 0) is 60.4 Å². The molecule has 4 heteroatoms. The Hall–Kier alpha value is -1.72. The van der Waals surface area contributed by atoms with Crippen LogP contribution < -0.4 is 0 Å². The maximum Gasteiger partial charge on any atom is 0.0854 e. The van der Waals surface area contributed by atoms with Crippen LogP contribution in [0.5, 0.6) is 0 Å². The van der Waals surface area contributed by atoms with E-state index in [4.69, 9.17) is 9.47 Å². The van der Waals surface area contributed by atoms with Crippen LogP contribution in [0.25, 0.3) is 0 Å². The van der Waals surface area contributed by atoms with Crippen LogP contribution in [0.4, 0.5) is 0 Å². The summed E-state index contributed by atoms with van der Waals surface area (Å²) in [6, 6.07) is 15.5. The van der Waals surface area contributed by atoms with E-state index >= 15 is 0 Å². The summed E-state index contributed by atoms with van der Waals surface area (Å²) in [6.45, 7) is 2.96. The molecule has 2 aromatic carbocycles. The number of ether oxygens (including phenoxy) is 2. The number of rotatable bonds is 5. The molecule has 2 saturated heterocycles. The van der Waals surface area contributed by atoms with Gasteiger partial charge in [0.25, 0.3) is 0 Å². The summed E-state index contributed by atoms with van der Waals surface area (Å²) >= 11 is 0. The van der Waals surface area contributed by atoms with Crippen molar-refractivity contribution < 1.29 is 19.7 Å². The minimum Gasteiger partial charge on any atom is -0.394 e. The highest BCUT2D eigenvalue weighted by Crippen LogP contribution is 2.51. The van der Waals surface area contributed by atoms with Crippen molar-refractivity contribution in [3.05, 3.63) is 70.3 Å². The molecular formula is C26H32O4. The fourth-order valence-corrected chi connectivity index (χ4v) is 5.08. The second-order valence-electron chi connectivity index (χ2n) is 9.55. The lowest BCUT2D eigenvalue weighted by Gasteiger charge is -2.32. The van der Waals surface area contributed by atoms with E-state index in [0.717, 1.165) is 18.6 Å². The molecule has 0 aromatic heterocycles. The van der Waals surface area contributed by atoms with Gasteiger partial charge in [-0.1, -0.05) is 42.5 Å². The van der Waals surface area contributed by atoms with Gasteiger partial charge in [-0.15, -0.1) is 0 Å². The minimum absolute atomic E-state index is 0.0498. The van der Waals surface area contributed by atoms with E-state index in [9.17, 15) is 10.2 Å². The van der Waals surface area contributed by atoms with E-state index in [1.165, 1.54) is 41.5 Å². The standard InChI is InChI=1S/C26H32O4/c1-17-2-5-20(25-13-23(28)12-24(15-27)30-25)11-21(17)10-18-3-6-19(7-4-18)22-14-26(8-9-26)29-16-22/h2-7,11,22-25,27-28H,8-10,12-16H2,1H3. The molecule has 2 N–H and O–H groups in total. The Morgan fingerprint density at radius 3 is 2.50 bits per heavy atom. The van der Waals surface area contributed by atoms with Gasteiger partial charge in [-0.3, -0.25) is 0 Å². The van der Waals surface area contributed by atoms with Crippen molar-refractivity contribution in [2.45, 2.75) is 75.3 Å². The third-order valence-corrected chi connectivity index (χ3v) is 7.19. The second-order valence-corrected chi connectivity index (χ2v) is 9.55. The first-order chi connectivity index (χ1) is 14.5. The summed E-state index contributed by atoms with van der Waals surface area (Å²) in [5.74, 6) is 0.543. The molecule has 1 saturated carbocycles. The summed E-state index contributed by atoms with van der Waals surface area (Å²) in [7, 11) is 0. The van der Waals surface area contributed by atoms with Crippen LogP contribution in [-0.2, 0) is 15.9 Å². The zero-order valence-electron chi connectivity index (χ0n) is 17.7. The van der Waals surface area contributed by atoms with E-state index < -0.39 is 6.10 Å². The van der Waals surface area contributed by atoms with Crippen molar-refractivity contribution in [2.24, 2.45) is 0 Å². The van der Waals surface area contributed by atoms with Gasteiger partial charge in [0.2, 0.25) is 0 Å². The lowest BCUT2D eigenvalue weighted by atomic mass is 9.91. The average Bonchev–Trinajstić information content (AvgIpc) is 3.38. The first kappa shape index (κ1) is 20.2. The Kier molecular flexibility index (Phi) is 5.44. The average molecular weight is 409 g/mol. The highest BCUT2D eigenvalue weighted by atomic mass is 16.5. The maximum absolute atomic E-state index is 10.2. The van der Waals surface area contributed by atoms with Crippen molar-refractivity contribution in [1.82, 2.24) is 0 Å². The quantitative estimate of drug-likeness (QED) is 0.779. The largest absolute Gasteiger partial charge is 0.394 e. The molecule has 0 amide bonds. The summed E-state index contributed by atoms with van der Waals surface area (Å²) in [6.07, 6.45) is 4.74. The second kappa shape index (κ2) is 8.08. The fraction of sp³-hybridized carbons (Fsp3) is 0.538. The van der Waals surface area contributed by atoms with Crippen molar-refractivity contribution in [1.29, 1.82) is 0 Å². The Labute approximate surface area is 178 Å². The van der Waals surface area contributed by atoms with Crippen LogP contribution in [-0.4, -0.2) is 41.2 Å². The number of aliphatic hydroxyl groups excluding tert-OH is 2. The highest BCUT2D eigenvalue weighted by molar-refractivity contribution is 5.38. The summed E-state index contributed by atoms with van der Waals surface area (Å²) < 4.78 is 12.0. The maximum atomic E-state index is 10.2. The van der Waals surface area contributed by atoms with E-state index in [1.54, 1.807) is 0 Å². The molecule has 5 rings (SSSR count). The third kappa shape index (κ3) is 4.19. The lowest BCUT2D eigenvalue weighted by Crippen LogP contribution is -2.33. The van der Waals surface area contributed by atoms with Crippen LogP contribution in [0.1, 0.15) is 71.9 Å². The number of benzene rings is 2. The van der Waals surface area contributed by atoms with Gasteiger partial charge in [0, 0.05) is 18.8 Å². The molecule has 2 heterocycles. The van der Waals surface area contributed by atoms with Crippen LogP contribution in [0.2, 0.25) is 0 Å². The van der Waals surface area contributed by atoms with Gasteiger partial charge in [-0.2, -0.15) is 0 Å². The zero-order valence-corrected chi connectivity index (χ0v) is 17.7. The molecule has 4 atom stereocenters. The van der Waals surface area contributed by atoms with Gasteiger partial charge in [-0.25, -0.2) is 0 Å². The first-order valence-corrected chi connectivity index (χ1v) is 11.3. The topological polar surface area (TPSA) is 58.9 Å². The molecule has 4 nitrogen and oxygen atoms in total. The predicted molar refractivity (Wildman–Crippen MR) is 116 cm³/mol. The van der Waals surface area contributed by atoms with Gasteiger partial charge in [0.05, 0.1) is 37.1 Å². The van der Waals surface area contributed by atoms with Gasteiger partial charge >= 0.3 is 0 Å². The summed E-state index contributed by atoms with van der Waals surface area (Å²) in [4.78, 5) is 0. The Morgan fingerprint density at radius 2 is 1.80 bits per heavy atom. The van der Waals surface area contributed by atoms with Crippen LogP contribution in [0.3, 0.4) is 0 Å². The van der Waals surface area contributed by atoms with Gasteiger partial charge in [0.1, 0.15) is 0 Å². The van der Waals surface area contributed by atoms with Crippen molar-refractivity contribution in [2.75, 3.05) is 13.2 Å². The van der Waals surface area contributed by atoms with Crippen LogP contribution in [0.15, 0.2) is 42.5 Å². The zero-order chi connectivity index (χ0) is 20.7. The van der Waals surface area contributed by atoms with Crippen LogP contribution in [0, 0.1) is 6.92 Å². The normalized spacial score (nSPS) is 30.0. The molecule has 0 bridgehead atoms. The molecule has 30 heavy (non-hydrogen) atoms. The van der Waals surface area contributed by atoms with E-state index in [2.05, 4.69) is 49.4 Å². The van der Waals surface area contributed by atoms with Crippen molar-refractivity contribution in [3.8, 4) is 0 Å². The fourth-order valence-electron chi connectivity index (χ4n) is 5.08. The first-order valence-electron chi connectivity index (χ1n) is 11.3. The molecule has 4 unspecified atom stereocenters. The summed E-state index contributed by atoms with van der Waals surface area (Å²) in [5.41, 5.74) is 6.56. The van der Waals surface area contributed by atoms with Gasteiger partial charge < -0.3 is 19.7 Å². The Bertz CT molecular complexity index is 886. The number of aryl methyl sites for hydroxylation is 1. The van der Waals surface area contributed by atoms with Crippen LogP contribution >= 0.6 is 0 Å².